The van der Waals surface area contributed by atoms with Gasteiger partial charge in [0, 0.05) is 16.5 Å². The fourth-order valence-electron chi connectivity index (χ4n) is 2.18. The van der Waals surface area contributed by atoms with Crippen molar-refractivity contribution in [1.82, 2.24) is 5.32 Å². The predicted molar refractivity (Wildman–Crippen MR) is 75.4 cm³/mol. The van der Waals surface area contributed by atoms with Gasteiger partial charge in [-0.1, -0.05) is 18.2 Å². The second kappa shape index (κ2) is 6.78. The molecule has 0 bridgehead atoms. The Labute approximate surface area is 116 Å². The number of aryl methyl sites for hydroxylation is 1. The molecule has 0 aliphatic heterocycles. The van der Waals surface area contributed by atoms with Crippen molar-refractivity contribution in [1.29, 1.82) is 0 Å². The van der Waals surface area contributed by atoms with E-state index >= 15 is 0 Å². The van der Waals surface area contributed by atoms with Gasteiger partial charge in [0.1, 0.15) is 0 Å². The van der Waals surface area contributed by atoms with Crippen LogP contribution in [0.2, 0.25) is 0 Å². The monoisotopic (exact) mass is 281 g/mol. The van der Waals surface area contributed by atoms with Crippen molar-refractivity contribution in [2.45, 2.75) is 25.3 Å². The third-order valence-corrected chi connectivity index (χ3v) is 4.14. The van der Waals surface area contributed by atoms with Crippen molar-refractivity contribution in [3.05, 3.63) is 57.8 Å². The van der Waals surface area contributed by atoms with Crippen LogP contribution in [0.1, 0.15) is 29.3 Å². The summed E-state index contributed by atoms with van der Waals surface area (Å²) in [4.78, 5) is 1.33. The molecule has 1 atom stereocenters. The standard InChI is InChI=1S/C15H17F2NS/c1-18-14(9-2-5-11-6-4-10-19-11)12-7-3-8-13(16)15(12)17/h3-4,6-8,10,14,18H,2,5,9H2,1H3. The van der Waals surface area contributed by atoms with E-state index < -0.39 is 11.6 Å². The molecule has 0 spiro atoms. The maximum Gasteiger partial charge on any atom is 0.163 e. The summed E-state index contributed by atoms with van der Waals surface area (Å²) in [6.45, 7) is 0. The molecular formula is C15H17F2NS. The number of hydrogen-bond donors (Lipinski definition) is 1. The van der Waals surface area contributed by atoms with E-state index in [1.165, 1.54) is 4.88 Å². The summed E-state index contributed by atoms with van der Waals surface area (Å²) in [7, 11) is 1.78. The Morgan fingerprint density at radius 3 is 2.74 bits per heavy atom. The molecule has 1 N–H and O–H groups in total. The molecule has 1 heterocycles. The van der Waals surface area contributed by atoms with Crippen LogP contribution < -0.4 is 5.32 Å². The van der Waals surface area contributed by atoms with E-state index in [0.29, 0.717) is 5.56 Å². The van der Waals surface area contributed by atoms with Crippen molar-refractivity contribution < 1.29 is 8.78 Å². The van der Waals surface area contributed by atoms with E-state index in [4.69, 9.17) is 0 Å². The minimum Gasteiger partial charge on any atom is -0.313 e. The Kier molecular flexibility index (Phi) is 5.05. The molecule has 2 rings (SSSR count). The maximum absolute atomic E-state index is 13.7. The van der Waals surface area contributed by atoms with Crippen molar-refractivity contribution in [2.24, 2.45) is 0 Å². The summed E-state index contributed by atoms with van der Waals surface area (Å²) in [6.07, 6.45) is 2.71. The second-order valence-corrected chi connectivity index (χ2v) is 5.49. The molecule has 2 aromatic rings. The quantitative estimate of drug-likeness (QED) is 0.832. The van der Waals surface area contributed by atoms with Crippen molar-refractivity contribution in [3.8, 4) is 0 Å². The van der Waals surface area contributed by atoms with Crippen LogP contribution >= 0.6 is 11.3 Å². The van der Waals surface area contributed by atoms with E-state index in [1.54, 1.807) is 30.5 Å². The molecule has 1 unspecified atom stereocenters. The molecular weight excluding hydrogens is 264 g/mol. The highest BCUT2D eigenvalue weighted by Gasteiger charge is 2.16. The van der Waals surface area contributed by atoms with Gasteiger partial charge in [-0.15, -0.1) is 11.3 Å². The van der Waals surface area contributed by atoms with Gasteiger partial charge in [0.15, 0.2) is 11.6 Å². The number of rotatable bonds is 6. The van der Waals surface area contributed by atoms with Crippen LogP contribution in [-0.2, 0) is 6.42 Å². The highest BCUT2D eigenvalue weighted by atomic mass is 32.1. The van der Waals surface area contributed by atoms with Crippen LogP contribution in [0.3, 0.4) is 0 Å². The Morgan fingerprint density at radius 2 is 2.05 bits per heavy atom. The van der Waals surface area contributed by atoms with Crippen molar-refractivity contribution >= 4 is 11.3 Å². The molecule has 0 saturated carbocycles. The Hall–Kier alpha value is -1.26. The van der Waals surface area contributed by atoms with E-state index in [-0.39, 0.29) is 6.04 Å². The molecule has 1 aromatic carbocycles. The van der Waals surface area contributed by atoms with Gasteiger partial charge in [0.25, 0.3) is 0 Å². The van der Waals surface area contributed by atoms with Crippen LogP contribution in [-0.4, -0.2) is 7.05 Å². The van der Waals surface area contributed by atoms with Gasteiger partial charge in [-0.2, -0.15) is 0 Å². The molecule has 0 fully saturated rings. The van der Waals surface area contributed by atoms with Gasteiger partial charge >= 0.3 is 0 Å². The summed E-state index contributed by atoms with van der Waals surface area (Å²) >= 11 is 1.73. The first-order chi connectivity index (χ1) is 9.22. The second-order valence-electron chi connectivity index (χ2n) is 4.46. The summed E-state index contributed by atoms with van der Waals surface area (Å²) in [5.41, 5.74) is 0.411. The van der Waals surface area contributed by atoms with Gasteiger partial charge in [-0.05, 0) is 43.8 Å². The lowest BCUT2D eigenvalue weighted by molar-refractivity contribution is 0.458. The average molecular weight is 281 g/mol. The van der Waals surface area contributed by atoms with Gasteiger partial charge in [-0.25, -0.2) is 8.78 Å². The van der Waals surface area contributed by atoms with E-state index in [9.17, 15) is 8.78 Å². The van der Waals surface area contributed by atoms with Crippen LogP contribution in [0.25, 0.3) is 0 Å². The lowest BCUT2D eigenvalue weighted by atomic mass is 10.00. The highest BCUT2D eigenvalue weighted by molar-refractivity contribution is 7.09. The third kappa shape index (κ3) is 3.61. The zero-order valence-electron chi connectivity index (χ0n) is 10.8. The predicted octanol–water partition coefficient (Wildman–Crippen LogP) is 4.31. The number of nitrogens with one attached hydrogen (secondary N) is 1. The van der Waals surface area contributed by atoms with E-state index in [2.05, 4.69) is 16.8 Å². The molecule has 0 aliphatic rings. The van der Waals surface area contributed by atoms with E-state index in [1.807, 2.05) is 6.07 Å². The number of hydrogen-bond acceptors (Lipinski definition) is 2. The molecule has 0 radical (unpaired) electrons. The maximum atomic E-state index is 13.7. The van der Waals surface area contributed by atoms with Crippen LogP contribution in [0.5, 0.6) is 0 Å². The number of thiophene rings is 1. The molecule has 0 saturated heterocycles. The lowest BCUT2D eigenvalue weighted by Crippen LogP contribution is -2.18. The topological polar surface area (TPSA) is 12.0 Å². The van der Waals surface area contributed by atoms with Crippen molar-refractivity contribution in [3.63, 3.8) is 0 Å². The van der Waals surface area contributed by atoms with Gasteiger partial charge in [0.2, 0.25) is 0 Å². The average Bonchev–Trinajstić information content (AvgIpc) is 2.92. The molecule has 0 aliphatic carbocycles. The largest absolute Gasteiger partial charge is 0.313 e. The first kappa shape index (κ1) is 14.2. The van der Waals surface area contributed by atoms with Crippen molar-refractivity contribution in [2.75, 3.05) is 7.05 Å². The van der Waals surface area contributed by atoms with Crippen LogP contribution in [0, 0.1) is 11.6 Å². The fourth-order valence-corrected chi connectivity index (χ4v) is 2.93. The summed E-state index contributed by atoms with van der Waals surface area (Å²) in [6, 6.07) is 8.33. The smallest absolute Gasteiger partial charge is 0.163 e. The SMILES string of the molecule is CNC(CCCc1cccs1)c1cccc(F)c1F. The highest BCUT2D eigenvalue weighted by Crippen LogP contribution is 2.24. The molecule has 1 aromatic heterocycles. The molecule has 4 heteroatoms. The zero-order valence-corrected chi connectivity index (χ0v) is 11.6. The number of benzene rings is 1. The first-order valence-corrected chi connectivity index (χ1v) is 7.24. The lowest BCUT2D eigenvalue weighted by Gasteiger charge is -2.17. The van der Waals surface area contributed by atoms with Gasteiger partial charge in [0.05, 0.1) is 0 Å². The fraction of sp³-hybridized carbons (Fsp3) is 0.333. The first-order valence-electron chi connectivity index (χ1n) is 6.36. The minimum absolute atomic E-state index is 0.143. The summed E-state index contributed by atoms with van der Waals surface area (Å²) in [5.74, 6) is -1.52. The van der Waals surface area contributed by atoms with Gasteiger partial charge < -0.3 is 5.32 Å². The Balaban J connectivity index is 1.98. The molecule has 0 amide bonds. The molecule has 102 valence electrons. The molecule has 19 heavy (non-hydrogen) atoms. The summed E-state index contributed by atoms with van der Waals surface area (Å²) in [5, 5.41) is 5.12. The third-order valence-electron chi connectivity index (χ3n) is 3.20. The van der Waals surface area contributed by atoms with E-state index in [0.717, 1.165) is 25.3 Å². The normalized spacial score (nSPS) is 12.6. The molecule has 1 nitrogen and oxygen atoms in total. The van der Waals surface area contributed by atoms with Crippen LogP contribution in [0.15, 0.2) is 35.7 Å². The Bertz CT molecular complexity index is 511. The minimum atomic E-state index is -0.781. The van der Waals surface area contributed by atoms with Crippen LogP contribution in [0.4, 0.5) is 8.78 Å². The Morgan fingerprint density at radius 1 is 1.21 bits per heavy atom. The number of halogens is 2. The van der Waals surface area contributed by atoms with Gasteiger partial charge in [-0.3, -0.25) is 0 Å². The summed E-state index contributed by atoms with van der Waals surface area (Å²) < 4.78 is 26.9. The zero-order chi connectivity index (χ0) is 13.7.